The number of rotatable bonds is 4. The van der Waals surface area contributed by atoms with Crippen molar-refractivity contribution < 1.29 is 12.8 Å². The van der Waals surface area contributed by atoms with Gasteiger partial charge in [0.15, 0.2) is 0 Å². The molecule has 7 heteroatoms. The van der Waals surface area contributed by atoms with E-state index in [0.717, 1.165) is 5.56 Å². The summed E-state index contributed by atoms with van der Waals surface area (Å²) >= 11 is 9.10. The summed E-state index contributed by atoms with van der Waals surface area (Å²) < 4.78 is 42.0. The Morgan fingerprint density at radius 2 is 1.64 bits per heavy atom. The smallest absolute Gasteiger partial charge is 0.262 e. The van der Waals surface area contributed by atoms with E-state index in [1.165, 1.54) is 24.3 Å². The van der Waals surface area contributed by atoms with Crippen molar-refractivity contribution in [3.63, 3.8) is 0 Å². The highest BCUT2D eigenvalue weighted by atomic mass is 79.9. The molecule has 0 saturated carbocycles. The first-order valence-electron chi connectivity index (χ1n) is 7.19. The summed E-state index contributed by atoms with van der Waals surface area (Å²) in [5, 5.41) is 0.258. The molecule has 0 saturated heterocycles. The van der Waals surface area contributed by atoms with E-state index < -0.39 is 15.8 Å². The lowest BCUT2D eigenvalue weighted by Gasteiger charge is -2.11. The van der Waals surface area contributed by atoms with E-state index in [4.69, 9.17) is 11.6 Å². The molecule has 3 aromatic rings. The third-order valence-electron chi connectivity index (χ3n) is 3.46. The first kappa shape index (κ1) is 17.9. The fourth-order valence-corrected chi connectivity index (χ4v) is 4.51. The van der Waals surface area contributed by atoms with Crippen LogP contribution in [0, 0.1) is 5.82 Å². The van der Waals surface area contributed by atoms with Crippen LogP contribution < -0.4 is 4.72 Å². The Bertz CT molecular complexity index is 1010. The first-order chi connectivity index (χ1) is 11.8. The van der Waals surface area contributed by atoms with Crippen LogP contribution in [-0.2, 0) is 10.0 Å². The third kappa shape index (κ3) is 4.21. The molecular weight excluding hydrogens is 429 g/mol. The molecule has 0 aliphatic heterocycles. The van der Waals surface area contributed by atoms with Gasteiger partial charge in [-0.05, 0) is 41.5 Å². The Balaban J connectivity index is 1.99. The van der Waals surface area contributed by atoms with Crippen LogP contribution in [0.1, 0.15) is 0 Å². The normalized spacial score (nSPS) is 11.3. The van der Waals surface area contributed by atoms with E-state index in [0.29, 0.717) is 10.0 Å². The molecule has 0 amide bonds. The molecule has 0 atom stereocenters. The average Bonchev–Trinajstić information content (AvgIpc) is 2.56. The second-order valence-electron chi connectivity index (χ2n) is 5.27. The number of nitrogens with one attached hydrogen (secondary N) is 1. The van der Waals surface area contributed by atoms with Crippen LogP contribution in [0.25, 0.3) is 11.1 Å². The van der Waals surface area contributed by atoms with Gasteiger partial charge in [-0.25, -0.2) is 12.8 Å². The van der Waals surface area contributed by atoms with Gasteiger partial charge in [0, 0.05) is 9.50 Å². The SMILES string of the molecule is O=S(=O)(Nc1cc(-c2ccccc2)ccc1F)c1cc(Cl)cc(Br)c1. The molecule has 0 fully saturated rings. The molecule has 0 aliphatic carbocycles. The quantitative estimate of drug-likeness (QED) is 0.565. The Kier molecular flexibility index (Phi) is 5.13. The second kappa shape index (κ2) is 7.15. The van der Waals surface area contributed by atoms with Crippen molar-refractivity contribution in [2.24, 2.45) is 0 Å². The molecule has 0 unspecified atom stereocenters. The van der Waals surface area contributed by atoms with Crippen LogP contribution in [0.2, 0.25) is 5.02 Å². The van der Waals surface area contributed by atoms with Crippen LogP contribution in [0.5, 0.6) is 0 Å². The number of sulfonamides is 1. The highest BCUT2D eigenvalue weighted by Gasteiger charge is 2.18. The van der Waals surface area contributed by atoms with E-state index in [1.54, 1.807) is 12.1 Å². The van der Waals surface area contributed by atoms with Crippen molar-refractivity contribution >= 4 is 43.2 Å². The van der Waals surface area contributed by atoms with Gasteiger partial charge >= 0.3 is 0 Å². The maximum absolute atomic E-state index is 14.1. The number of hydrogen-bond acceptors (Lipinski definition) is 2. The van der Waals surface area contributed by atoms with Crippen molar-refractivity contribution in [3.8, 4) is 11.1 Å². The number of halogens is 3. The topological polar surface area (TPSA) is 46.2 Å². The zero-order valence-electron chi connectivity index (χ0n) is 12.7. The van der Waals surface area contributed by atoms with Crippen molar-refractivity contribution in [2.45, 2.75) is 4.90 Å². The predicted octanol–water partition coefficient (Wildman–Crippen LogP) is 5.71. The van der Waals surface area contributed by atoms with Gasteiger partial charge in [0.05, 0.1) is 10.6 Å². The van der Waals surface area contributed by atoms with Crippen LogP contribution >= 0.6 is 27.5 Å². The maximum Gasteiger partial charge on any atom is 0.262 e. The molecule has 3 rings (SSSR count). The Hall–Kier alpha value is -1.89. The van der Waals surface area contributed by atoms with Gasteiger partial charge in [-0.2, -0.15) is 0 Å². The highest BCUT2D eigenvalue weighted by molar-refractivity contribution is 9.10. The van der Waals surface area contributed by atoms with Crippen molar-refractivity contribution in [3.05, 3.63) is 82.0 Å². The molecule has 128 valence electrons. The minimum Gasteiger partial charge on any atom is -0.277 e. The monoisotopic (exact) mass is 439 g/mol. The van der Waals surface area contributed by atoms with E-state index in [2.05, 4.69) is 20.7 Å². The summed E-state index contributed by atoms with van der Waals surface area (Å²) in [4.78, 5) is -0.0589. The van der Waals surface area contributed by atoms with Gasteiger partial charge in [-0.3, -0.25) is 4.72 Å². The third-order valence-corrected chi connectivity index (χ3v) is 5.49. The summed E-state index contributed by atoms with van der Waals surface area (Å²) in [6.07, 6.45) is 0. The molecule has 0 bridgehead atoms. The minimum atomic E-state index is -3.98. The Labute approximate surface area is 158 Å². The van der Waals surface area contributed by atoms with Crippen LogP contribution in [0.3, 0.4) is 0 Å². The lowest BCUT2D eigenvalue weighted by Crippen LogP contribution is -2.14. The van der Waals surface area contributed by atoms with Gasteiger partial charge in [-0.1, -0.05) is 63.9 Å². The lowest BCUT2D eigenvalue weighted by atomic mass is 10.1. The predicted molar refractivity (Wildman–Crippen MR) is 102 cm³/mol. The van der Waals surface area contributed by atoms with Gasteiger partial charge in [0.25, 0.3) is 10.0 Å². The zero-order valence-corrected chi connectivity index (χ0v) is 15.9. The van der Waals surface area contributed by atoms with E-state index in [9.17, 15) is 12.8 Å². The van der Waals surface area contributed by atoms with Crippen LogP contribution in [0.15, 0.2) is 76.1 Å². The van der Waals surface area contributed by atoms with Crippen LogP contribution in [-0.4, -0.2) is 8.42 Å². The summed E-state index contributed by atoms with van der Waals surface area (Å²) in [6, 6.07) is 17.8. The molecule has 1 N–H and O–H groups in total. The van der Waals surface area contributed by atoms with Crippen molar-refractivity contribution in [1.29, 1.82) is 0 Å². The number of benzene rings is 3. The minimum absolute atomic E-state index is 0.0589. The molecule has 0 aromatic heterocycles. The number of anilines is 1. The number of hydrogen-bond donors (Lipinski definition) is 1. The van der Waals surface area contributed by atoms with E-state index in [-0.39, 0.29) is 15.6 Å². The Morgan fingerprint density at radius 1 is 0.920 bits per heavy atom. The molecular formula is C18H12BrClFNO2S. The molecule has 3 nitrogen and oxygen atoms in total. The van der Waals surface area contributed by atoms with Crippen molar-refractivity contribution in [2.75, 3.05) is 4.72 Å². The first-order valence-corrected chi connectivity index (χ1v) is 9.84. The van der Waals surface area contributed by atoms with Gasteiger partial charge in [0.1, 0.15) is 5.82 Å². The molecule has 0 radical (unpaired) electrons. The second-order valence-corrected chi connectivity index (χ2v) is 8.31. The fraction of sp³-hybridized carbons (Fsp3) is 0. The maximum atomic E-state index is 14.1. The Morgan fingerprint density at radius 3 is 2.32 bits per heavy atom. The van der Waals surface area contributed by atoms with Crippen LogP contribution in [0.4, 0.5) is 10.1 Å². The standard InChI is InChI=1S/C18H12BrClFNO2S/c19-14-9-15(20)11-16(10-14)25(23,24)22-18-8-13(6-7-17(18)21)12-4-2-1-3-5-12/h1-11,22H. The van der Waals surface area contributed by atoms with Gasteiger partial charge in [0.2, 0.25) is 0 Å². The molecule has 0 heterocycles. The fourth-order valence-electron chi connectivity index (χ4n) is 2.30. The molecule has 3 aromatic carbocycles. The summed E-state index contributed by atoms with van der Waals surface area (Å²) in [6.45, 7) is 0. The van der Waals surface area contributed by atoms with Gasteiger partial charge in [-0.15, -0.1) is 0 Å². The highest BCUT2D eigenvalue weighted by Crippen LogP contribution is 2.28. The molecule has 0 aliphatic rings. The van der Waals surface area contributed by atoms with E-state index in [1.807, 2.05) is 30.3 Å². The summed E-state index contributed by atoms with van der Waals surface area (Å²) in [5.74, 6) is -0.663. The largest absolute Gasteiger partial charge is 0.277 e. The molecule has 0 spiro atoms. The molecule has 25 heavy (non-hydrogen) atoms. The summed E-state index contributed by atoms with van der Waals surface area (Å²) in [7, 11) is -3.98. The van der Waals surface area contributed by atoms with E-state index >= 15 is 0 Å². The van der Waals surface area contributed by atoms with Crippen molar-refractivity contribution in [1.82, 2.24) is 0 Å². The lowest BCUT2D eigenvalue weighted by molar-refractivity contribution is 0.598. The summed E-state index contributed by atoms with van der Waals surface area (Å²) in [5.41, 5.74) is 1.43. The average molecular weight is 441 g/mol. The van der Waals surface area contributed by atoms with Gasteiger partial charge < -0.3 is 0 Å². The zero-order chi connectivity index (χ0) is 18.0.